The first-order valence-corrected chi connectivity index (χ1v) is 10.2. The van der Waals surface area contributed by atoms with Crippen molar-refractivity contribution in [2.24, 2.45) is 0 Å². The monoisotopic (exact) mass is 400 g/mol. The van der Waals surface area contributed by atoms with Crippen LogP contribution in [0.25, 0.3) is 23.0 Å². The van der Waals surface area contributed by atoms with Crippen LogP contribution in [0.4, 0.5) is 5.82 Å². The number of nitrogens with zero attached hydrogens (tertiary/aromatic N) is 8. The van der Waals surface area contributed by atoms with E-state index >= 15 is 0 Å². The number of imidazole rings is 1. The fourth-order valence-electron chi connectivity index (χ4n) is 4.13. The Balaban J connectivity index is 1.66. The van der Waals surface area contributed by atoms with Gasteiger partial charge in [-0.3, -0.25) is 9.13 Å². The minimum atomic E-state index is 0.113. The second kappa shape index (κ2) is 7.05. The Labute approximate surface area is 175 Å². The summed E-state index contributed by atoms with van der Waals surface area (Å²) in [6, 6.07) is 8.68. The summed E-state index contributed by atoms with van der Waals surface area (Å²) in [5.41, 5.74) is 3.14. The second-order valence-corrected chi connectivity index (χ2v) is 7.85. The van der Waals surface area contributed by atoms with Gasteiger partial charge in [-0.15, -0.1) is 10.2 Å². The van der Waals surface area contributed by atoms with Gasteiger partial charge in [-0.25, -0.2) is 9.97 Å². The fourth-order valence-corrected chi connectivity index (χ4v) is 4.13. The highest BCUT2D eigenvalue weighted by Gasteiger charge is 2.35. The van der Waals surface area contributed by atoms with E-state index in [1.807, 2.05) is 21.5 Å². The van der Waals surface area contributed by atoms with Crippen LogP contribution in [0.1, 0.15) is 44.6 Å². The third kappa shape index (κ3) is 2.79. The number of rotatable bonds is 4. The van der Waals surface area contributed by atoms with Crippen molar-refractivity contribution < 1.29 is 0 Å². The van der Waals surface area contributed by atoms with Gasteiger partial charge in [0, 0.05) is 24.0 Å². The smallest absolute Gasteiger partial charge is 0.237 e. The van der Waals surface area contributed by atoms with Gasteiger partial charge in [-0.1, -0.05) is 36.8 Å². The molecule has 1 aliphatic heterocycles. The largest absolute Gasteiger partial charge is 0.342 e. The van der Waals surface area contributed by atoms with Gasteiger partial charge < -0.3 is 4.90 Å². The van der Waals surface area contributed by atoms with Gasteiger partial charge in [0.1, 0.15) is 17.8 Å². The van der Waals surface area contributed by atoms with Crippen molar-refractivity contribution in [3.05, 3.63) is 60.6 Å². The molecule has 0 saturated heterocycles. The molecule has 0 fully saturated rings. The van der Waals surface area contributed by atoms with Gasteiger partial charge in [0.25, 0.3) is 0 Å². The van der Waals surface area contributed by atoms with Crippen LogP contribution in [0.2, 0.25) is 0 Å². The second-order valence-electron chi connectivity index (χ2n) is 7.85. The highest BCUT2D eigenvalue weighted by molar-refractivity contribution is 5.63. The van der Waals surface area contributed by atoms with Gasteiger partial charge in [0.2, 0.25) is 5.95 Å². The summed E-state index contributed by atoms with van der Waals surface area (Å²) in [5.74, 6) is 3.23. The molecule has 0 unspecified atom stereocenters. The molecule has 4 heterocycles. The highest BCUT2D eigenvalue weighted by Crippen LogP contribution is 2.39. The molecule has 5 rings (SSSR count). The number of hydrogen-bond acceptors (Lipinski definition) is 6. The Kier molecular flexibility index (Phi) is 4.34. The number of aryl methyl sites for hydroxylation is 1. The Hall–Kier alpha value is -3.55. The topological polar surface area (TPSA) is 77.5 Å². The minimum absolute atomic E-state index is 0.113. The molecule has 3 aromatic heterocycles. The molecule has 30 heavy (non-hydrogen) atoms. The van der Waals surface area contributed by atoms with Gasteiger partial charge in [-0.2, -0.15) is 4.98 Å². The van der Waals surface area contributed by atoms with Crippen LogP contribution in [-0.2, 0) is 0 Å². The first-order chi connectivity index (χ1) is 14.6. The van der Waals surface area contributed by atoms with Crippen LogP contribution in [0, 0.1) is 6.92 Å². The van der Waals surface area contributed by atoms with Crippen molar-refractivity contribution in [3.8, 4) is 23.0 Å². The molecule has 8 nitrogen and oxygen atoms in total. The third-order valence-corrected chi connectivity index (χ3v) is 5.56. The summed E-state index contributed by atoms with van der Waals surface area (Å²) in [7, 11) is 0. The third-order valence-electron chi connectivity index (χ3n) is 5.56. The average molecular weight is 400 g/mol. The molecule has 0 N–H and O–H groups in total. The predicted octanol–water partition coefficient (Wildman–Crippen LogP) is 3.90. The summed E-state index contributed by atoms with van der Waals surface area (Å²) in [6.45, 7) is 8.59. The molecule has 0 bridgehead atoms. The number of anilines is 1. The quantitative estimate of drug-likeness (QED) is 0.517. The van der Waals surface area contributed by atoms with Crippen LogP contribution < -0.4 is 4.90 Å². The maximum atomic E-state index is 5.00. The van der Waals surface area contributed by atoms with Crippen LogP contribution in [-0.4, -0.2) is 40.3 Å². The lowest BCUT2D eigenvalue weighted by Gasteiger charge is -2.39. The van der Waals surface area contributed by atoms with Crippen molar-refractivity contribution in [3.63, 3.8) is 0 Å². The first-order valence-electron chi connectivity index (χ1n) is 10.2. The number of benzene rings is 1. The standard InChI is InChI=1S/C22H24N8/c1-5-17-21-27-25-13-29(21)18-12-24-22(26-20(18)30(17)14(2)3)28-11-10-23-19(28)16-8-6-15(4)7-9-16/h6-14,17H,5H2,1-4H3/t17-/m1/s1. The summed E-state index contributed by atoms with van der Waals surface area (Å²) in [4.78, 5) is 16.5. The molecule has 0 spiro atoms. The Morgan fingerprint density at radius 2 is 1.87 bits per heavy atom. The lowest BCUT2D eigenvalue weighted by Crippen LogP contribution is -2.40. The van der Waals surface area contributed by atoms with Gasteiger partial charge in [0.15, 0.2) is 11.6 Å². The number of aromatic nitrogens is 7. The minimum Gasteiger partial charge on any atom is -0.342 e. The van der Waals surface area contributed by atoms with Gasteiger partial charge >= 0.3 is 0 Å². The lowest BCUT2D eigenvalue weighted by molar-refractivity contribution is 0.497. The normalized spacial score (nSPS) is 15.4. The zero-order valence-electron chi connectivity index (χ0n) is 17.6. The zero-order valence-corrected chi connectivity index (χ0v) is 17.6. The van der Waals surface area contributed by atoms with Crippen LogP contribution in [0.5, 0.6) is 0 Å². The molecule has 0 saturated carbocycles. The molecular formula is C22H24N8. The van der Waals surface area contributed by atoms with Gasteiger partial charge in [0.05, 0.1) is 12.2 Å². The molecule has 1 atom stereocenters. The Morgan fingerprint density at radius 3 is 2.60 bits per heavy atom. The molecule has 1 aliphatic rings. The zero-order chi connectivity index (χ0) is 20.8. The van der Waals surface area contributed by atoms with Crippen LogP contribution in [0.3, 0.4) is 0 Å². The fraction of sp³-hybridized carbons (Fsp3) is 0.318. The van der Waals surface area contributed by atoms with E-state index in [4.69, 9.17) is 4.98 Å². The molecule has 0 amide bonds. The molecular weight excluding hydrogens is 376 g/mol. The molecule has 1 aromatic carbocycles. The maximum absolute atomic E-state index is 5.00. The van der Waals surface area contributed by atoms with Crippen molar-refractivity contribution >= 4 is 5.82 Å². The first kappa shape index (κ1) is 18.5. The average Bonchev–Trinajstić information content (AvgIpc) is 3.42. The van der Waals surface area contributed by atoms with Crippen molar-refractivity contribution in [2.75, 3.05) is 4.90 Å². The highest BCUT2D eigenvalue weighted by atomic mass is 15.4. The summed E-state index contributed by atoms with van der Waals surface area (Å²) >= 11 is 0. The molecule has 0 aliphatic carbocycles. The van der Waals surface area contributed by atoms with E-state index in [0.717, 1.165) is 35.1 Å². The number of fused-ring (bicyclic) bond motifs is 3. The van der Waals surface area contributed by atoms with E-state index in [9.17, 15) is 0 Å². The maximum Gasteiger partial charge on any atom is 0.237 e. The lowest BCUT2D eigenvalue weighted by atomic mass is 10.1. The van der Waals surface area contributed by atoms with E-state index in [1.54, 1.807) is 12.5 Å². The van der Waals surface area contributed by atoms with E-state index in [2.05, 4.69) is 77.0 Å². The van der Waals surface area contributed by atoms with Crippen molar-refractivity contribution in [1.29, 1.82) is 0 Å². The molecule has 4 aromatic rings. The summed E-state index contributed by atoms with van der Waals surface area (Å²) in [6.07, 6.45) is 8.19. The van der Waals surface area contributed by atoms with E-state index < -0.39 is 0 Å². The van der Waals surface area contributed by atoms with Crippen LogP contribution >= 0.6 is 0 Å². The summed E-state index contributed by atoms with van der Waals surface area (Å²) in [5, 5.41) is 8.52. The Morgan fingerprint density at radius 1 is 1.07 bits per heavy atom. The van der Waals surface area contributed by atoms with Crippen molar-refractivity contribution in [2.45, 2.75) is 46.2 Å². The van der Waals surface area contributed by atoms with E-state index in [0.29, 0.717) is 5.95 Å². The molecule has 0 radical (unpaired) electrons. The van der Waals surface area contributed by atoms with E-state index in [1.165, 1.54) is 5.56 Å². The predicted molar refractivity (Wildman–Crippen MR) is 115 cm³/mol. The molecule has 8 heteroatoms. The van der Waals surface area contributed by atoms with Gasteiger partial charge in [-0.05, 0) is 27.2 Å². The summed E-state index contributed by atoms with van der Waals surface area (Å²) < 4.78 is 3.94. The number of hydrogen-bond donors (Lipinski definition) is 0. The molecule has 152 valence electrons. The van der Waals surface area contributed by atoms with Crippen LogP contribution in [0.15, 0.2) is 49.2 Å². The SMILES string of the molecule is CC[C@@H]1c2nncn2-c2cnc(-n3ccnc3-c3ccc(C)cc3)nc2N1C(C)C. The Bertz CT molecular complexity index is 1190. The van der Waals surface area contributed by atoms with Crippen molar-refractivity contribution in [1.82, 2.24) is 34.3 Å². The van der Waals surface area contributed by atoms with E-state index in [-0.39, 0.29) is 12.1 Å².